The van der Waals surface area contributed by atoms with E-state index in [-0.39, 0.29) is 17.3 Å². The first-order valence-electron chi connectivity index (χ1n) is 6.78. The summed E-state index contributed by atoms with van der Waals surface area (Å²) in [4.78, 5) is 14.1. The minimum Gasteiger partial charge on any atom is -0.378 e. The van der Waals surface area contributed by atoms with Crippen LogP contribution in [-0.2, 0) is 19.4 Å². The Balaban J connectivity index is 1.98. The number of hydrogen-bond donors (Lipinski definition) is 1. The monoisotopic (exact) mass is 312 g/mol. The van der Waals surface area contributed by atoms with Gasteiger partial charge in [0.05, 0.1) is 24.7 Å². The van der Waals surface area contributed by atoms with Crippen LogP contribution in [0.1, 0.15) is 5.56 Å². The van der Waals surface area contributed by atoms with Crippen molar-refractivity contribution in [3.05, 3.63) is 23.8 Å². The molecule has 6 nitrogen and oxygen atoms in total. The molecule has 0 aromatic heterocycles. The first-order valence-corrected chi connectivity index (χ1v) is 8.67. The second-order valence-electron chi connectivity index (χ2n) is 5.10. The number of aryl methyl sites for hydroxylation is 1. The van der Waals surface area contributed by atoms with Crippen LogP contribution in [0.15, 0.2) is 23.1 Å². The summed E-state index contributed by atoms with van der Waals surface area (Å²) < 4.78 is 28.2. The summed E-state index contributed by atoms with van der Waals surface area (Å²) >= 11 is 0. The zero-order valence-electron chi connectivity index (χ0n) is 12.3. The maximum atomic E-state index is 12.0. The Kier molecular flexibility index (Phi) is 4.84. The lowest BCUT2D eigenvalue weighted by molar-refractivity contribution is -0.133. The van der Waals surface area contributed by atoms with Crippen LogP contribution in [0.25, 0.3) is 0 Å². The lowest BCUT2D eigenvalue weighted by Crippen LogP contribution is -2.43. The van der Waals surface area contributed by atoms with Crippen LogP contribution in [0, 0.1) is 6.92 Å². The molecule has 2 rings (SSSR count). The molecule has 0 saturated carbocycles. The summed E-state index contributed by atoms with van der Waals surface area (Å²) in [6.45, 7) is 4.40. The molecule has 1 aliphatic rings. The van der Waals surface area contributed by atoms with Crippen molar-refractivity contribution < 1.29 is 17.9 Å². The Bertz CT molecular complexity index is 622. The second-order valence-corrected chi connectivity index (χ2v) is 7.11. The Morgan fingerprint density at radius 2 is 2.00 bits per heavy atom. The maximum absolute atomic E-state index is 12.0. The minimum atomic E-state index is -3.21. The highest BCUT2D eigenvalue weighted by atomic mass is 32.2. The van der Waals surface area contributed by atoms with E-state index in [1.54, 1.807) is 23.1 Å². The fraction of sp³-hybridized carbons (Fsp3) is 0.500. The average Bonchev–Trinajstić information content (AvgIpc) is 2.45. The predicted molar refractivity (Wildman–Crippen MR) is 80.2 cm³/mol. The van der Waals surface area contributed by atoms with Crippen LogP contribution in [0.4, 0.5) is 5.69 Å². The number of rotatable bonds is 4. The van der Waals surface area contributed by atoms with Crippen LogP contribution in [0.2, 0.25) is 0 Å². The van der Waals surface area contributed by atoms with E-state index in [0.29, 0.717) is 26.3 Å². The molecule has 1 aliphatic heterocycles. The number of morpholine rings is 1. The first kappa shape index (κ1) is 15.8. The molecule has 1 aromatic rings. The van der Waals surface area contributed by atoms with Gasteiger partial charge in [-0.05, 0) is 30.7 Å². The van der Waals surface area contributed by atoms with Gasteiger partial charge in [0.15, 0.2) is 9.84 Å². The Hall–Kier alpha value is -1.60. The van der Waals surface area contributed by atoms with Gasteiger partial charge in [-0.25, -0.2) is 8.42 Å². The van der Waals surface area contributed by atoms with Crippen LogP contribution in [0.3, 0.4) is 0 Å². The number of benzene rings is 1. The Morgan fingerprint density at radius 1 is 1.33 bits per heavy atom. The molecule has 0 atom stereocenters. The second kappa shape index (κ2) is 6.44. The van der Waals surface area contributed by atoms with Crippen LogP contribution >= 0.6 is 0 Å². The normalized spacial score (nSPS) is 15.8. The highest BCUT2D eigenvalue weighted by Crippen LogP contribution is 2.19. The molecule has 1 amide bonds. The van der Waals surface area contributed by atoms with E-state index < -0.39 is 9.84 Å². The van der Waals surface area contributed by atoms with Crippen molar-refractivity contribution in [3.8, 4) is 0 Å². The van der Waals surface area contributed by atoms with Crippen molar-refractivity contribution in [2.45, 2.75) is 11.8 Å². The summed E-state index contributed by atoms with van der Waals surface area (Å²) in [5, 5.41) is 3.06. The average molecular weight is 312 g/mol. The Labute approximate surface area is 125 Å². The van der Waals surface area contributed by atoms with E-state index >= 15 is 0 Å². The van der Waals surface area contributed by atoms with Crippen molar-refractivity contribution in [1.82, 2.24) is 4.90 Å². The molecule has 0 spiro atoms. The number of nitrogens with one attached hydrogen (secondary N) is 1. The van der Waals surface area contributed by atoms with Gasteiger partial charge in [0.25, 0.3) is 0 Å². The molecule has 0 aliphatic carbocycles. The van der Waals surface area contributed by atoms with Crippen molar-refractivity contribution in [2.75, 3.05) is 44.4 Å². The molecule has 21 heavy (non-hydrogen) atoms. The van der Waals surface area contributed by atoms with Gasteiger partial charge >= 0.3 is 0 Å². The number of carbonyl (C=O) groups excluding carboxylic acids is 1. The highest BCUT2D eigenvalue weighted by molar-refractivity contribution is 7.90. The topological polar surface area (TPSA) is 75.7 Å². The molecule has 116 valence electrons. The molecular formula is C14H20N2O4S. The van der Waals surface area contributed by atoms with E-state index in [2.05, 4.69) is 5.32 Å². The van der Waals surface area contributed by atoms with E-state index in [4.69, 9.17) is 4.74 Å². The van der Waals surface area contributed by atoms with Crippen molar-refractivity contribution >= 4 is 21.4 Å². The number of amides is 1. The minimum absolute atomic E-state index is 0.0184. The third kappa shape index (κ3) is 4.18. The molecule has 1 saturated heterocycles. The van der Waals surface area contributed by atoms with Gasteiger partial charge in [0.2, 0.25) is 5.91 Å². The lowest BCUT2D eigenvalue weighted by atomic mass is 10.2. The largest absolute Gasteiger partial charge is 0.378 e. The van der Waals surface area contributed by atoms with E-state index in [0.717, 1.165) is 11.3 Å². The fourth-order valence-electron chi connectivity index (χ4n) is 2.16. The first-order chi connectivity index (χ1) is 9.88. The Morgan fingerprint density at radius 3 is 2.57 bits per heavy atom. The summed E-state index contributed by atoms with van der Waals surface area (Å²) in [5.41, 5.74) is 1.57. The number of ether oxygens (including phenoxy) is 1. The third-order valence-corrected chi connectivity index (χ3v) is 4.53. The quantitative estimate of drug-likeness (QED) is 0.884. The van der Waals surface area contributed by atoms with Gasteiger partial charge in [-0.15, -0.1) is 0 Å². The molecule has 1 heterocycles. The van der Waals surface area contributed by atoms with E-state index in [9.17, 15) is 13.2 Å². The summed E-state index contributed by atoms with van der Waals surface area (Å²) in [6, 6.07) is 4.85. The molecule has 1 fully saturated rings. The molecule has 7 heteroatoms. The highest BCUT2D eigenvalue weighted by Gasteiger charge is 2.16. The smallest absolute Gasteiger partial charge is 0.242 e. The van der Waals surface area contributed by atoms with Crippen LogP contribution in [0.5, 0.6) is 0 Å². The van der Waals surface area contributed by atoms with E-state index in [1.165, 1.54) is 6.26 Å². The van der Waals surface area contributed by atoms with Gasteiger partial charge in [-0.1, -0.05) is 0 Å². The molecule has 0 bridgehead atoms. The zero-order chi connectivity index (χ0) is 15.5. The van der Waals surface area contributed by atoms with E-state index in [1.807, 2.05) is 6.92 Å². The zero-order valence-corrected chi connectivity index (χ0v) is 13.1. The standard InChI is InChI=1S/C14H20N2O4S/c1-11-9-12(21(2,18)19)3-4-13(11)15-10-14(17)16-5-7-20-8-6-16/h3-4,9,15H,5-8,10H2,1-2H3. The van der Waals surface area contributed by atoms with Gasteiger partial charge < -0.3 is 15.0 Å². The summed E-state index contributed by atoms with van der Waals surface area (Å²) in [6.07, 6.45) is 1.18. The number of carbonyl (C=O) groups is 1. The van der Waals surface area contributed by atoms with Gasteiger partial charge in [-0.3, -0.25) is 4.79 Å². The number of anilines is 1. The SMILES string of the molecule is Cc1cc(S(C)(=O)=O)ccc1NCC(=O)N1CCOCC1. The predicted octanol–water partition coefficient (Wildman–Crippen LogP) is 0.669. The molecular weight excluding hydrogens is 292 g/mol. The lowest BCUT2D eigenvalue weighted by Gasteiger charge is -2.27. The third-order valence-electron chi connectivity index (χ3n) is 3.42. The number of hydrogen-bond acceptors (Lipinski definition) is 5. The van der Waals surface area contributed by atoms with Gasteiger partial charge in [0.1, 0.15) is 0 Å². The van der Waals surface area contributed by atoms with Crippen LogP contribution in [-0.4, -0.2) is 58.3 Å². The van der Waals surface area contributed by atoms with Crippen molar-refractivity contribution in [3.63, 3.8) is 0 Å². The van der Waals surface area contributed by atoms with Gasteiger partial charge in [0, 0.05) is 25.0 Å². The number of nitrogens with zero attached hydrogens (tertiary/aromatic N) is 1. The summed E-state index contributed by atoms with van der Waals surface area (Å²) in [5.74, 6) is 0.0184. The van der Waals surface area contributed by atoms with Crippen molar-refractivity contribution in [1.29, 1.82) is 0 Å². The molecule has 0 unspecified atom stereocenters. The maximum Gasteiger partial charge on any atom is 0.242 e. The molecule has 1 N–H and O–H groups in total. The summed E-state index contributed by atoms with van der Waals surface area (Å²) in [7, 11) is -3.21. The van der Waals surface area contributed by atoms with Crippen molar-refractivity contribution in [2.24, 2.45) is 0 Å². The van der Waals surface area contributed by atoms with Crippen LogP contribution < -0.4 is 5.32 Å². The molecule has 1 aromatic carbocycles. The molecule has 0 radical (unpaired) electrons. The van der Waals surface area contributed by atoms with Gasteiger partial charge in [-0.2, -0.15) is 0 Å². The number of sulfone groups is 1. The fourth-order valence-corrected chi connectivity index (χ4v) is 2.87.